The lowest BCUT2D eigenvalue weighted by Gasteiger charge is -2.12. The van der Waals surface area contributed by atoms with Gasteiger partial charge in [-0.05, 0) is 41.1 Å². The fraction of sp³-hybridized carbons (Fsp3) is 0.300. The molecule has 0 aliphatic heterocycles. The lowest BCUT2D eigenvalue weighted by atomic mass is 10.1. The summed E-state index contributed by atoms with van der Waals surface area (Å²) in [5.74, 6) is -0.434. The number of carbonyl (C=O) groups is 1. The summed E-state index contributed by atoms with van der Waals surface area (Å²) in [5.41, 5.74) is 1.07. The molecule has 28 heavy (non-hydrogen) atoms. The van der Waals surface area contributed by atoms with Crippen LogP contribution in [0.3, 0.4) is 0 Å². The molecule has 6 nitrogen and oxygen atoms in total. The van der Waals surface area contributed by atoms with Gasteiger partial charge in [0.25, 0.3) is 0 Å². The standard InChI is InChI=1S/C20H22BrFN2O4/c1-5-24(2)12-23-18-10-19(27-4)15(9-16(18)21)20(25)28-11-13-6-7-14(26-3)8-17(13)22/h6-10,12H,5,11H2,1-4H3. The van der Waals surface area contributed by atoms with E-state index in [1.165, 1.54) is 26.4 Å². The Morgan fingerprint density at radius 3 is 2.61 bits per heavy atom. The molecule has 0 saturated carbocycles. The number of nitrogens with zero attached hydrogens (tertiary/aromatic N) is 2. The third-order valence-electron chi connectivity index (χ3n) is 4.00. The van der Waals surface area contributed by atoms with Crippen molar-refractivity contribution in [3.8, 4) is 11.5 Å². The Morgan fingerprint density at radius 1 is 1.25 bits per heavy atom. The van der Waals surface area contributed by atoms with Gasteiger partial charge < -0.3 is 19.1 Å². The number of rotatable bonds is 8. The summed E-state index contributed by atoms with van der Waals surface area (Å²) in [7, 11) is 4.81. The molecule has 0 saturated heterocycles. The summed E-state index contributed by atoms with van der Waals surface area (Å²) >= 11 is 3.40. The Morgan fingerprint density at radius 2 is 2.00 bits per heavy atom. The highest BCUT2D eigenvalue weighted by atomic mass is 79.9. The zero-order valence-corrected chi connectivity index (χ0v) is 17.7. The van der Waals surface area contributed by atoms with E-state index in [4.69, 9.17) is 14.2 Å². The largest absolute Gasteiger partial charge is 0.497 e. The van der Waals surface area contributed by atoms with E-state index in [2.05, 4.69) is 20.9 Å². The molecular formula is C20H22BrFN2O4. The van der Waals surface area contributed by atoms with Crippen LogP contribution in [0.2, 0.25) is 0 Å². The first kappa shape index (κ1) is 21.7. The number of ether oxygens (including phenoxy) is 3. The van der Waals surface area contributed by atoms with Crippen molar-refractivity contribution in [2.75, 3.05) is 27.8 Å². The van der Waals surface area contributed by atoms with E-state index in [1.54, 1.807) is 24.5 Å². The Labute approximate surface area is 172 Å². The SMILES string of the molecule is CCN(C)C=Nc1cc(OC)c(C(=O)OCc2ccc(OC)cc2F)cc1Br. The molecule has 0 aliphatic carbocycles. The van der Waals surface area contributed by atoms with E-state index >= 15 is 0 Å². The number of benzene rings is 2. The lowest BCUT2D eigenvalue weighted by Crippen LogP contribution is -2.14. The van der Waals surface area contributed by atoms with Gasteiger partial charge in [-0.15, -0.1) is 0 Å². The number of hydrogen-bond donors (Lipinski definition) is 0. The minimum Gasteiger partial charge on any atom is -0.497 e. The molecule has 2 aromatic rings. The zero-order valence-electron chi connectivity index (χ0n) is 16.2. The van der Waals surface area contributed by atoms with Crippen molar-refractivity contribution in [3.63, 3.8) is 0 Å². The van der Waals surface area contributed by atoms with Gasteiger partial charge in [0, 0.05) is 35.8 Å². The number of hydrogen-bond acceptors (Lipinski definition) is 5. The van der Waals surface area contributed by atoms with Crippen LogP contribution in [0.5, 0.6) is 11.5 Å². The van der Waals surface area contributed by atoms with E-state index in [0.717, 1.165) is 6.54 Å². The van der Waals surface area contributed by atoms with Crippen LogP contribution in [0.4, 0.5) is 10.1 Å². The molecule has 0 fully saturated rings. The third kappa shape index (κ3) is 5.45. The minimum atomic E-state index is -0.631. The van der Waals surface area contributed by atoms with Gasteiger partial charge in [-0.2, -0.15) is 0 Å². The predicted molar refractivity (Wildman–Crippen MR) is 109 cm³/mol. The molecule has 0 unspecified atom stereocenters. The van der Waals surface area contributed by atoms with Gasteiger partial charge in [0.2, 0.25) is 0 Å². The number of aliphatic imine (C=N–C) groups is 1. The molecule has 0 aliphatic rings. The van der Waals surface area contributed by atoms with E-state index in [1.807, 2.05) is 18.9 Å². The predicted octanol–water partition coefficient (Wildman–Crippen LogP) is 4.57. The van der Waals surface area contributed by atoms with Crippen molar-refractivity contribution in [2.24, 2.45) is 4.99 Å². The highest BCUT2D eigenvalue weighted by Gasteiger charge is 2.18. The lowest BCUT2D eigenvalue weighted by molar-refractivity contribution is 0.0465. The fourth-order valence-corrected chi connectivity index (χ4v) is 2.65. The van der Waals surface area contributed by atoms with Crippen molar-refractivity contribution < 1.29 is 23.4 Å². The van der Waals surface area contributed by atoms with Gasteiger partial charge >= 0.3 is 5.97 Å². The summed E-state index contributed by atoms with van der Waals surface area (Å²) < 4.78 is 30.1. The molecule has 0 atom stereocenters. The van der Waals surface area contributed by atoms with Crippen LogP contribution in [0.15, 0.2) is 39.8 Å². The number of carbonyl (C=O) groups excluding carboxylic acids is 1. The van der Waals surface area contributed by atoms with Gasteiger partial charge in [0.1, 0.15) is 29.5 Å². The van der Waals surface area contributed by atoms with E-state index in [9.17, 15) is 9.18 Å². The molecule has 0 bridgehead atoms. The molecule has 0 spiro atoms. The minimum absolute atomic E-state index is 0.212. The van der Waals surface area contributed by atoms with Crippen LogP contribution >= 0.6 is 15.9 Å². The van der Waals surface area contributed by atoms with Crippen molar-refractivity contribution in [1.82, 2.24) is 4.90 Å². The monoisotopic (exact) mass is 452 g/mol. The summed E-state index contributed by atoms with van der Waals surface area (Å²) in [6.45, 7) is 2.60. The molecular weight excluding hydrogens is 431 g/mol. The first-order chi connectivity index (χ1) is 13.4. The Bertz CT molecular complexity index is 874. The van der Waals surface area contributed by atoms with Gasteiger partial charge in [-0.1, -0.05) is 0 Å². The molecule has 8 heteroatoms. The van der Waals surface area contributed by atoms with Crippen LogP contribution in [-0.4, -0.2) is 45.0 Å². The maximum absolute atomic E-state index is 14.0. The molecule has 0 heterocycles. The average Bonchev–Trinajstić information content (AvgIpc) is 2.70. The molecule has 0 radical (unpaired) electrons. The van der Waals surface area contributed by atoms with E-state index in [0.29, 0.717) is 21.7 Å². The summed E-state index contributed by atoms with van der Waals surface area (Å²) in [6.07, 6.45) is 1.68. The molecule has 0 amide bonds. The van der Waals surface area contributed by atoms with Crippen LogP contribution in [0.25, 0.3) is 0 Å². The van der Waals surface area contributed by atoms with Gasteiger partial charge in [0.15, 0.2) is 0 Å². The van der Waals surface area contributed by atoms with Crippen molar-refractivity contribution in [2.45, 2.75) is 13.5 Å². The molecule has 150 valence electrons. The number of methoxy groups -OCH3 is 2. The maximum atomic E-state index is 14.0. The average molecular weight is 453 g/mol. The van der Waals surface area contributed by atoms with Crippen molar-refractivity contribution >= 4 is 33.9 Å². The molecule has 0 aromatic heterocycles. The van der Waals surface area contributed by atoms with Crippen molar-refractivity contribution in [3.05, 3.63) is 51.7 Å². The van der Waals surface area contributed by atoms with Crippen LogP contribution < -0.4 is 9.47 Å². The zero-order chi connectivity index (χ0) is 20.7. The summed E-state index contributed by atoms with van der Waals surface area (Å²) in [4.78, 5) is 18.8. The normalized spacial score (nSPS) is 10.8. The second kappa shape index (κ2) is 10.1. The molecule has 2 aromatic carbocycles. The quantitative estimate of drug-likeness (QED) is 0.333. The fourth-order valence-electron chi connectivity index (χ4n) is 2.21. The third-order valence-corrected chi connectivity index (χ3v) is 4.64. The van der Waals surface area contributed by atoms with Crippen molar-refractivity contribution in [1.29, 1.82) is 0 Å². The molecule has 0 N–H and O–H groups in total. The Hall–Kier alpha value is -2.61. The first-order valence-corrected chi connectivity index (χ1v) is 9.30. The van der Waals surface area contributed by atoms with Crippen LogP contribution in [-0.2, 0) is 11.3 Å². The topological polar surface area (TPSA) is 60.4 Å². The van der Waals surface area contributed by atoms with Gasteiger partial charge in [-0.3, -0.25) is 0 Å². The molecule has 2 rings (SSSR count). The van der Waals surface area contributed by atoms with Gasteiger partial charge in [0.05, 0.1) is 26.2 Å². The smallest absolute Gasteiger partial charge is 0.342 e. The van der Waals surface area contributed by atoms with Crippen LogP contribution in [0, 0.1) is 5.82 Å². The van der Waals surface area contributed by atoms with Crippen LogP contribution in [0.1, 0.15) is 22.8 Å². The number of esters is 1. The van der Waals surface area contributed by atoms with Gasteiger partial charge in [-0.25, -0.2) is 14.2 Å². The second-order valence-corrected chi connectivity index (χ2v) is 6.71. The highest BCUT2D eigenvalue weighted by Crippen LogP contribution is 2.33. The number of halogens is 2. The van der Waals surface area contributed by atoms with E-state index in [-0.39, 0.29) is 17.7 Å². The second-order valence-electron chi connectivity index (χ2n) is 5.86. The summed E-state index contributed by atoms with van der Waals surface area (Å²) in [5, 5.41) is 0. The highest BCUT2D eigenvalue weighted by molar-refractivity contribution is 9.10. The first-order valence-electron chi connectivity index (χ1n) is 8.51. The maximum Gasteiger partial charge on any atom is 0.342 e. The Kier molecular flexibility index (Phi) is 7.80. The van der Waals surface area contributed by atoms with E-state index < -0.39 is 11.8 Å². The Balaban J connectivity index is 2.18. The summed E-state index contributed by atoms with van der Waals surface area (Å²) in [6, 6.07) is 7.56.